The van der Waals surface area contributed by atoms with Crippen LogP contribution in [0.3, 0.4) is 0 Å². The molecular weight excluding hydrogens is 363 g/mol. The third-order valence-electron chi connectivity index (χ3n) is 3.69. The van der Waals surface area contributed by atoms with Gasteiger partial charge in [-0.15, -0.1) is 0 Å². The van der Waals surface area contributed by atoms with E-state index in [9.17, 15) is 18.0 Å². The van der Waals surface area contributed by atoms with Crippen molar-refractivity contribution in [3.8, 4) is 11.4 Å². The highest BCUT2D eigenvalue weighted by Gasteiger charge is 2.38. The number of hydrogen-bond donors (Lipinski definition) is 0. The predicted octanol–water partition coefficient (Wildman–Crippen LogP) is 4.47. The Labute approximate surface area is 155 Å². The first kappa shape index (κ1) is 20.9. The molecule has 0 fully saturated rings. The fourth-order valence-electron chi connectivity index (χ4n) is 2.18. The Balaban J connectivity index is 2.10. The van der Waals surface area contributed by atoms with Crippen molar-refractivity contribution < 1.29 is 27.3 Å². The van der Waals surface area contributed by atoms with Crippen LogP contribution < -0.4 is 0 Å². The number of carbonyl (C=O) groups is 1. The van der Waals surface area contributed by atoms with E-state index in [0.29, 0.717) is 12.2 Å². The monoisotopic (exact) mass is 385 g/mol. The highest BCUT2D eigenvalue weighted by molar-refractivity contribution is 5.77. The summed E-state index contributed by atoms with van der Waals surface area (Å²) in [4.78, 5) is 21.2. The summed E-state index contributed by atoms with van der Waals surface area (Å²) < 4.78 is 41.9. The number of halogens is 3. The maximum Gasteiger partial charge on any atom is 0.471 e. The smallest absolute Gasteiger partial charge is 0.329 e. The number of benzene rings is 1. The summed E-state index contributed by atoms with van der Waals surface area (Å²) in [6, 6.07) is 6.51. The van der Waals surface area contributed by atoms with Crippen molar-refractivity contribution in [1.82, 2.24) is 15.2 Å². The van der Waals surface area contributed by atoms with Gasteiger partial charge in [-0.05, 0) is 12.0 Å². The Morgan fingerprint density at radius 2 is 1.93 bits per heavy atom. The normalized spacial score (nSPS) is 11.8. The second kappa shape index (κ2) is 8.98. The lowest BCUT2D eigenvalue weighted by molar-refractivity contribution is -0.194. The molecule has 1 aromatic heterocycles. The minimum Gasteiger partial charge on any atom is -0.329 e. The maximum atomic E-state index is 12.5. The Bertz CT molecular complexity index is 742. The summed E-state index contributed by atoms with van der Waals surface area (Å²) in [5.74, 6) is -1.89. The molecule has 0 saturated heterocycles. The van der Waals surface area contributed by atoms with Crippen molar-refractivity contribution in [2.45, 2.75) is 46.3 Å². The summed E-state index contributed by atoms with van der Waals surface area (Å²) in [6.07, 6.45) is -2.90. The van der Waals surface area contributed by atoms with E-state index >= 15 is 0 Å². The van der Waals surface area contributed by atoms with Gasteiger partial charge in [-0.1, -0.05) is 56.6 Å². The number of carbonyl (C=O) groups excluding carboxylic acids is 1. The average molecular weight is 385 g/mol. The van der Waals surface area contributed by atoms with Gasteiger partial charge in [0.15, 0.2) is 0 Å². The molecule has 0 aliphatic heterocycles. The molecular formula is C18H22F3N3O3. The van der Waals surface area contributed by atoms with E-state index in [1.807, 2.05) is 6.92 Å². The summed E-state index contributed by atoms with van der Waals surface area (Å²) in [5.41, 5.74) is 1.15. The zero-order valence-corrected chi connectivity index (χ0v) is 15.4. The van der Waals surface area contributed by atoms with Crippen LogP contribution in [0.2, 0.25) is 0 Å². The third-order valence-corrected chi connectivity index (χ3v) is 3.69. The van der Waals surface area contributed by atoms with Gasteiger partial charge in [-0.25, -0.2) is 5.06 Å². The van der Waals surface area contributed by atoms with E-state index in [0.717, 1.165) is 18.4 Å². The van der Waals surface area contributed by atoms with Crippen LogP contribution in [-0.4, -0.2) is 27.7 Å². The highest BCUT2D eigenvalue weighted by atomic mass is 19.4. The van der Waals surface area contributed by atoms with Crippen molar-refractivity contribution in [2.75, 3.05) is 6.61 Å². The molecule has 0 aliphatic rings. The summed E-state index contributed by atoms with van der Waals surface area (Å²) in [7, 11) is 0. The molecule has 0 aliphatic carbocycles. The largest absolute Gasteiger partial charge is 0.471 e. The predicted molar refractivity (Wildman–Crippen MR) is 91.0 cm³/mol. The standard InChI is InChI=1S/C18H22F3N3O3/c1-4-5-10-26-24(16(25)12(2)3)11-13-6-8-14(9-7-13)15-22-17(27-23-15)18(19,20)21/h6-9,12H,4-5,10-11H2,1-3H3. The second-order valence-corrected chi connectivity index (χ2v) is 6.33. The molecule has 9 heteroatoms. The van der Waals surface area contributed by atoms with Crippen molar-refractivity contribution in [3.05, 3.63) is 35.7 Å². The van der Waals surface area contributed by atoms with Crippen LogP contribution in [0.5, 0.6) is 0 Å². The molecule has 0 radical (unpaired) electrons. The summed E-state index contributed by atoms with van der Waals surface area (Å²) in [5, 5.41) is 4.67. The van der Waals surface area contributed by atoms with Crippen LogP contribution >= 0.6 is 0 Å². The minimum absolute atomic E-state index is 0.136. The molecule has 0 saturated carbocycles. The molecule has 0 N–H and O–H groups in total. The Morgan fingerprint density at radius 3 is 2.44 bits per heavy atom. The van der Waals surface area contributed by atoms with Crippen molar-refractivity contribution in [3.63, 3.8) is 0 Å². The third kappa shape index (κ3) is 5.78. The summed E-state index contributed by atoms with van der Waals surface area (Å²) >= 11 is 0. The fourth-order valence-corrected chi connectivity index (χ4v) is 2.18. The van der Waals surface area contributed by atoms with Gasteiger partial charge in [0.25, 0.3) is 0 Å². The van der Waals surface area contributed by atoms with Gasteiger partial charge in [0.2, 0.25) is 11.7 Å². The van der Waals surface area contributed by atoms with Crippen LogP contribution in [0.4, 0.5) is 13.2 Å². The minimum atomic E-state index is -4.68. The molecule has 0 atom stereocenters. The number of rotatable bonds is 8. The van der Waals surface area contributed by atoms with E-state index in [1.54, 1.807) is 38.1 Å². The first-order chi connectivity index (χ1) is 12.7. The van der Waals surface area contributed by atoms with Crippen molar-refractivity contribution in [2.24, 2.45) is 5.92 Å². The van der Waals surface area contributed by atoms with E-state index in [2.05, 4.69) is 14.7 Å². The number of amides is 1. The molecule has 148 valence electrons. The molecule has 1 amide bonds. The Morgan fingerprint density at radius 1 is 1.26 bits per heavy atom. The second-order valence-electron chi connectivity index (χ2n) is 6.33. The van der Waals surface area contributed by atoms with Crippen molar-refractivity contribution >= 4 is 5.91 Å². The lowest BCUT2D eigenvalue weighted by Gasteiger charge is -2.23. The number of nitrogens with zero attached hydrogens (tertiary/aromatic N) is 3. The van der Waals surface area contributed by atoms with Gasteiger partial charge in [0.1, 0.15) is 0 Å². The summed E-state index contributed by atoms with van der Waals surface area (Å²) in [6.45, 7) is 6.28. The van der Waals surface area contributed by atoms with Gasteiger partial charge in [0.05, 0.1) is 13.2 Å². The SMILES string of the molecule is CCCCON(Cc1ccc(-c2noc(C(F)(F)F)n2)cc1)C(=O)C(C)C. The van der Waals surface area contributed by atoms with Gasteiger partial charge in [-0.2, -0.15) is 18.2 Å². The first-order valence-corrected chi connectivity index (χ1v) is 8.67. The zero-order valence-electron chi connectivity index (χ0n) is 15.4. The van der Waals surface area contributed by atoms with Gasteiger partial charge >= 0.3 is 12.1 Å². The molecule has 1 aromatic carbocycles. The molecule has 27 heavy (non-hydrogen) atoms. The zero-order chi connectivity index (χ0) is 20.0. The highest BCUT2D eigenvalue weighted by Crippen LogP contribution is 2.29. The average Bonchev–Trinajstić information content (AvgIpc) is 3.11. The number of hydroxylamine groups is 2. The topological polar surface area (TPSA) is 68.5 Å². The van der Waals surface area contributed by atoms with Crippen molar-refractivity contribution in [1.29, 1.82) is 0 Å². The fraction of sp³-hybridized carbons (Fsp3) is 0.500. The van der Waals surface area contributed by atoms with E-state index in [4.69, 9.17) is 4.84 Å². The lowest BCUT2D eigenvalue weighted by Crippen LogP contribution is -2.34. The number of aromatic nitrogens is 2. The molecule has 1 heterocycles. The number of hydrogen-bond acceptors (Lipinski definition) is 5. The van der Waals surface area contributed by atoms with Crippen LogP contribution in [0, 0.1) is 5.92 Å². The lowest BCUT2D eigenvalue weighted by atomic mass is 10.1. The quantitative estimate of drug-likeness (QED) is 0.495. The molecule has 2 aromatic rings. The molecule has 0 bridgehead atoms. The maximum absolute atomic E-state index is 12.5. The molecule has 0 unspecified atom stereocenters. The van der Waals surface area contributed by atoms with E-state index in [-0.39, 0.29) is 24.2 Å². The number of alkyl halides is 3. The molecule has 0 spiro atoms. The van der Waals surface area contributed by atoms with Crippen LogP contribution in [0.25, 0.3) is 11.4 Å². The molecule has 6 nitrogen and oxygen atoms in total. The van der Waals surface area contributed by atoms with Gasteiger partial charge < -0.3 is 4.52 Å². The Kier molecular flexibility index (Phi) is 6.95. The molecule has 2 rings (SSSR count). The van der Waals surface area contributed by atoms with E-state index in [1.165, 1.54) is 5.06 Å². The first-order valence-electron chi connectivity index (χ1n) is 8.67. The van der Waals surface area contributed by atoms with Crippen LogP contribution in [-0.2, 0) is 22.4 Å². The Hall–Kier alpha value is -2.42. The van der Waals surface area contributed by atoms with E-state index < -0.39 is 12.1 Å². The van der Waals surface area contributed by atoms with Gasteiger partial charge in [0, 0.05) is 11.5 Å². The van der Waals surface area contributed by atoms with Gasteiger partial charge in [-0.3, -0.25) is 9.63 Å². The van der Waals surface area contributed by atoms with Crippen LogP contribution in [0.1, 0.15) is 45.1 Å². The number of unbranched alkanes of at least 4 members (excludes halogenated alkanes) is 1. The van der Waals surface area contributed by atoms with Crippen LogP contribution in [0.15, 0.2) is 28.8 Å².